The number of nitrogens with two attached hydrogens (primary N) is 1. The summed E-state index contributed by atoms with van der Waals surface area (Å²) < 4.78 is 5.02. The first-order valence-electron chi connectivity index (χ1n) is 7.48. The second-order valence-corrected chi connectivity index (χ2v) is 5.17. The molecule has 6 nitrogen and oxygen atoms in total. The molecule has 1 fully saturated rings. The van der Waals surface area contributed by atoms with E-state index in [9.17, 15) is 4.79 Å². The van der Waals surface area contributed by atoms with Crippen molar-refractivity contribution in [2.45, 2.75) is 38.6 Å². The molecule has 1 heterocycles. The van der Waals surface area contributed by atoms with Gasteiger partial charge in [0, 0.05) is 25.4 Å². The highest BCUT2D eigenvalue weighted by molar-refractivity contribution is 5.97. The maximum Gasteiger partial charge on any atom is 0.340 e. The number of nitrogens with zero attached hydrogens (tertiary/aromatic N) is 2. The lowest BCUT2D eigenvalue weighted by molar-refractivity contribution is 0.0527. The molecule has 21 heavy (non-hydrogen) atoms. The van der Waals surface area contributed by atoms with Gasteiger partial charge in [-0.2, -0.15) is 0 Å². The van der Waals surface area contributed by atoms with E-state index in [1.165, 1.54) is 6.42 Å². The number of pyridine rings is 1. The first kappa shape index (κ1) is 15.6. The number of aliphatic hydroxyl groups excluding tert-OH is 1. The van der Waals surface area contributed by atoms with E-state index in [1.807, 2.05) is 0 Å². The van der Waals surface area contributed by atoms with Crippen molar-refractivity contribution in [3.8, 4) is 0 Å². The van der Waals surface area contributed by atoms with Crippen molar-refractivity contribution < 1.29 is 14.6 Å². The maximum absolute atomic E-state index is 11.9. The minimum Gasteiger partial charge on any atom is -0.462 e. The molecule has 116 valence electrons. The third-order valence-electron chi connectivity index (χ3n) is 3.81. The summed E-state index contributed by atoms with van der Waals surface area (Å²) in [5.74, 6) is 0.202. The number of anilines is 2. The summed E-state index contributed by atoms with van der Waals surface area (Å²) in [6.07, 6.45) is 5.62. The fraction of sp³-hybridized carbons (Fsp3) is 0.600. The first-order chi connectivity index (χ1) is 10.2. The predicted octanol–water partition coefficient (Wildman–Crippen LogP) is 1.58. The van der Waals surface area contributed by atoms with Crippen molar-refractivity contribution in [3.05, 3.63) is 17.8 Å². The molecule has 0 radical (unpaired) electrons. The highest BCUT2D eigenvalue weighted by Crippen LogP contribution is 2.33. The van der Waals surface area contributed by atoms with Crippen molar-refractivity contribution in [2.75, 3.05) is 30.4 Å². The molecule has 2 rings (SSSR count). The van der Waals surface area contributed by atoms with Crippen LogP contribution in [0.4, 0.5) is 11.5 Å². The van der Waals surface area contributed by atoms with Crippen molar-refractivity contribution in [3.63, 3.8) is 0 Å². The second-order valence-electron chi connectivity index (χ2n) is 5.17. The van der Waals surface area contributed by atoms with E-state index in [0.29, 0.717) is 42.7 Å². The Morgan fingerprint density at radius 2 is 2.33 bits per heavy atom. The van der Waals surface area contributed by atoms with Gasteiger partial charge in [0.2, 0.25) is 0 Å². The van der Waals surface area contributed by atoms with E-state index in [0.717, 1.165) is 12.8 Å². The van der Waals surface area contributed by atoms with Gasteiger partial charge in [-0.25, -0.2) is 9.78 Å². The lowest BCUT2D eigenvalue weighted by Gasteiger charge is -2.39. The first-order valence-corrected chi connectivity index (χ1v) is 7.48. The molecule has 1 aliphatic carbocycles. The van der Waals surface area contributed by atoms with Gasteiger partial charge in [-0.1, -0.05) is 0 Å². The Hall–Kier alpha value is -1.82. The van der Waals surface area contributed by atoms with E-state index in [-0.39, 0.29) is 6.61 Å². The van der Waals surface area contributed by atoms with Crippen LogP contribution in [0.2, 0.25) is 0 Å². The number of rotatable bonds is 7. The molecule has 1 aromatic heterocycles. The molecule has 0 bridgehead atoms. The zero-order valence-electron chi connectivity index (χ0n) is 12.4. The van der Waals surface area contributed by atoms with Crippen LogP contribution in [0.1, 0.15) is 43.0 Å². The molecule has 1 saturated carbocycles. The number of esters is 1. The Bertz CT molecular complexity index is 489. The van der Waals surface area contributed by atoms with E-state index in [2.05, 4.69) is 9.88 Å². The van der Waals surface area contributed by atoms with Crippen LogP contribution in [0.25, 0.3) is 0 Å². The predicted molar refractivity (Wildman–Crippen MR) is 81.3 cm³/mol. The van der Waals surface area contributed by atoms with Gasteiger partial charge in [0.25, 0.3) is 0 Å². The Morgan fingerprint density at radius 3 is 2.90 bits per heavy atom. The molecule has 0 aromatic carbocycles. The van der Waals surface area contributed by atoms with Crippen LogP contribution in [0.15, 0.2) is 12.3 Å². The van der Waals surface area contributed by atoms with E-state index in [4.69, 9.17) is 15.6 Å². The summed E-state index contributed by atoms with van der Waals surface area (Å²) in [7, 11) is 0. The third-order valence-corrected chi connectivity index (χ3v) is 3.81. The van der Waals surface area contributed by atoms with Crippen LogP contribution >= 0.6 is 0 Å². The molecule has 6 heteroatoms. The Balaban J connectivity index is 2.27. The molecule has 1 aromatic rings. The summed E-state index contributed by atoms with van der Waals surface area (Å²) in [5.41, 5.74) is 6.85. The van der Waals surface area contributed by atoms with Crippen molar-refractivity contribution >= 4 is 17.5 Å². The van der Waals surface area contributed by atoms with Crippen molar-refractivity contribution in [2.24, 2.45) is 0 Å². The molecule has 0 amide bonds. The van der Waals surface area contributed by atoms with Gasteiger partial charge >= 0.3 is 5.97 Å². The van der Waals surface area contributed by atoms with Gasteiger partial charge in [0.15, 0.2) is 5.82 Å². The average Bonchev–Trinajstić information content (AvgIpc) is 2.42. The number of carbonyl (C=O) groups is 1. The minimum absolute atomic E-state index is 0.126. The van der Waals surface area contributed by atoms with Gasteiger partial charge < -0.3 is 20.5 Å². The number of ether oxygens (including phenoxy) is 1. The minimum atomic E-state index is -0.422. The Kier molecular flexibility index (Phi) is 5.38. The summed E-state index contributed by atoms with van der Waals surface area (Å²) >= 11 is 0. The van der Waals surface area contributed by atoms with Gasteiger partial charge in [-0.3, -0.25) is 0 Å². The standard InChI is InChI=1S/C15H23N3O3/c1-2-21-15(20)12-7-8-17-14(13(12)16)18(9-4-10-19)11-5-3-6-11/h7-8,11,19H,2-6,9-10,16H2,1H3. The fourth-order valence-electron chi connectivity index (χ4n) is 2.48. The molecule has 0 aliphatic heterocycles. The SMILES string of the molecule is CCOC(=O)c1ccnc(N(CCCO)C2CCC2)c1N. The number of aromatic nitrogens is 1. The highest BCUT2D eigenvalue weighted by atomic mass is 16.5. The Labute approximate surface area is 124 Å². The molecular weight excluding hydrogens is 270 g/mol. The second kappa shape index (κ2) is 7.26. The number of hydrogen-bond donors (Lipinski definition) is 2. The maximum atomic E-state index is 11.9. The van der Waals surface area contributed by atoms with E-state index in [1.54, 1.807) is 19.2 Å². The van der Waals surface area contributed by atoms with E-state index >= 15 is 0 Å². The number of nitrogen functional groups attached to an aromatic ring is 1. The number of carbonyl (C=O) groups excluding carboxylic acids is 1. The lowest BCUT2D eigenvalue weighted by atomic mass is 9.91. The summed E-state index contributed by atoms with van der Waals surface area (Å²) in [6, 6.07) is 1.98. The monoisotopic (exact) mass is 293 g/mol. The van der Waals surface area contributed by atoms with Crippen LogP contribution in [0.3, 0.4) is 0 Å². The highest BCUT2D eigenvalue weighted by Gasteiger charge is 2.28. The fourth-order valence-corrected chi connectivity index (χ4v) is 2.48. The summed E-state index contributed by atoms with van der Waals surface area (Å²) in [6.45, 7) is 2.89. The normalized spacial score (nSPS) is 14.6. The molecular formula is C15H23N3O3. The van der Waals surface area contributed by atoms with E-state index < -0.39 is 5.97 Å². The van der Waals surface area contributed by atoms with Crippen LogP contribution in [0.5, 0.6) is 0 Å². The Morgan fingerprint density at radius 1 is 1.57 bits per heavy atom. The summed E-state index contributed by atoms with van der Waals surface area (Å²) in [5, 5.41) is 9.06. The van der Waals surface area contributed by atoms with Crippen molar-refractivity contribution in [1.82, 2.24) is 4.98 Å². The van der Waals surface area contributed by atoms with Crippen LogP contribution in [0, 0.1) is 0 Å². The van der Waals surface area contributed by atoms with Gasteiger partial charge in [0.05, 0.1) is 17.9 Å². The molecule has 0 atom stereocenters. The van der Waals surface area contributed by atoms with Gasteiger partial charge in [-0.05, 0) is 38.7 Å². The van der Waals surface area contributed by atoms with Crippen LogP contribution < -0.4 is 10.6 Å². The molecule has 3 N–H and O–H groups in total. The smallest absolute Gasteiger partial charge is 0.340 e. The molecule has 0 saturated heterocycles. The molecule has 0 unspecified atom stereocenters. The average molecular weight is 293 g/mol. The van der Waals surface area contributed by atoms with Gasteiger partial charge in [0.1, 0.15) is 0 Å². The molecule has 1 aliphatic rings. The quantitative estimate of drug-likeness (QED) is 0.742. The number of hydrogen-bond acceptors (Lipinski definition) is 6. The zero-order chi connectivity index (χ0) is 15.2. The lowest BCUT2D eigenvalue weighted by Crippen LogP contribution is -2.42. The van der Waals surface area contributed by atoms with Crippen molar-refractivity contribution in [1.29, 1.82) is 0 Å². The van der Waals surface area contributed by atoms with Gasteiger partial charge in [-0.15, -0.1) is 0 Å². The summed E-state index contributed by atoms with van der Waals surface area (Å²) in [4.78, 5) is 18.4. The van der Waals surface area contributed by atoms with Crippen LogP contribution in [-0.2, 0) is 4.74 Å². The third kappa shape index (κ3) is 3.44. The zero-order valence-corrected chi connectivity index (χ0v) is 12.4. The largest absolute Gasteiger partial charge is 0.462 e. The topological polar surface area (TPSA) is 88.7 Å². The van der Waals surface area contributed by atoms with Crippen LogP contribution in [-0.4, -0.2) is 41.9 Å². The molecule has 0 spiro atoms. The number of aliphatic hydroxyl groups is 1.